The van der Waals surface area contributed by atoms with Crippen molar-refractivity contribution in [3.8, 4) is 0 Å². The number of carbonyl (C=O) groups is 1. The predicted molar refractivity (Wildman–Crippen MR) is 111 cm³/mol. The van der Waals surface area contributed by atoms with Crippen LogP contribution in [0.4, 0.5) is 0 Å². The van der Waals surface area contributed by atoms with Gasteiger partial charge < -0.3 is 11.1 Å². The first-order valence-corrected chi connectivity index (χ1v) is 9.56. The number of nitrogens with one attached hydrogen (secondary N) is 1. The van der Waals surface area contributed by atoms with Crippen LogP contribution >= 0.6 is 12.4 Å². The number of halogens is 1. The molecule has 1 amide bonds. The zero-order chi connectivity index (χ0) is 18.0. The maximum atomic E-state index is 12.7. The van der Waals surface area contributed by atoms with E-state index in [0.29, 0.717) is 12.5 Å². The molecule has 2 atom stereocenters. The van der Waals surface area contributed by atoms with E-state index in [4.69, 9.17) is 5.73 Å². The van der Waals surface area contributed by atoms with Gasteiger partial charge in [-0.05, 0) is 30.4 Å². The maximum Gasteiger partial charge on any atom is 0.234 e. The van der Waals surface area contributed by atoms with Gasteiger partial charge in [0, 0.05) is 25.0 Å². The number of likely N-dealkylation sites (tertiary alicyclic amines) is 1. The summed E-state index contributed by atoms with van der Waals surface area (Å²) < 4.78 is 0. The van der Waals surface area contributed by atoms with Crippen molar-refractivity contribution in [2.75, 3.05) is 19.6 Å². The molecule has 5 heteroatoms. The summed E-state index contributed by atoms with van der Waals surface area (Å²) in [7, 11) is 0. The van der Waals surface area contributed by atoms with Gasteiger partial charge in [-0.1, -0.05) is 60.7 Å². The molecule has 4 rings (SSSR count). The van der Waals surface area contributed by atoms with Gasteiger partial charge in [0.05, 0.1) is 12.1 Å². The van der Waals surface area contributed by atoms with Crippen molar-refractivity contribution in [1.82, 2.24) is 10.2 Å². The van der Waals surface area contributed by atoms with Crippen molar-refractivity contribution in [2.45, 2.75) is 36.8 Å². The standard InChI is InChI=1S/C22H27N3O.ClH/c23-20-15-25(14-19(20)17-8-3-1-4-9-17)16-21(26)24-22(12-7-13-22)18-10-5-2-6-11-18;/h1-6,8-11,19-20H,7,12-16,23H2,(H,24,26);1H/t19-,20+;/m0./s1. The average Bonchev–Trinajstić information content (AvgIpc) is 3.00. The van der Waals surface area contributed by atoms with Crippen molar-refractivity contribution in [2.24, 2.45) is 5.73 Å². The molecule has 4 nitrogen and oxygen atoms in total. The molecule has 0 radical (unpaired) electrons. The van der Waals surface area contributed by atoms with Gasteiger partial charge in [0.2, 0.25) is 5.91 Å². The van der Waals surface area contributed by atoms with Crippen LogP contribution < -0.4 is 11.1 Å². The first kappa shape index (κ1) is 19.9. The molecule has 144 valence electrons. The Morgan fingerprint density at radius 1 is 1.04 bits per heavy atom. The van der Waals surface area contributed by atoms with Crippen LogP contribution in [0.5, 0.6) is 0 Å². The zero-order valence-corrected chi connectivity index (χ0v) is 16.3. The van der Waals surface area contributed by atoms with Gasteiger partial charge in [0.15, 0.2) is 0 Å². The fraction of sp³-hybridized carbons (Fsp3) is 0.409. The van der Waals surface area contributed by atoms with Crippen LogP contribution in [0.15, 0.2) is 60.7 Å². The minimum Gasteiger partial charge on any atom is -0.345 e. The van der Waals surface area contributed by atoms with E-state index in [0.717, 1.165) is 25.9 Å². The topological polar surface area (TPSA) is 58.4 Å². The smallest absolute Gasteiger partial charge is 0.234 e. The van der Waals surface area contributed by atoms with Crippen LogP contribution in [0.1, 0.15) is 36.3 Å². The van der Waals surface area contributed by atoms with E-state index in [9.17, 15) is 4.79 Å². The zero-order valence-electron chi connectivity index (χ0n) is 15.5. The molecule has 1 aliphatic carbocycles. The number of amides is 1. The Labute approximate surface area is 167 Å². The second-order valence-corrected chi connectivity index (χ2v) is 7.72. The molecule has 1 aliphatic heterocycles. The summed E-state index contributed by atoms with van der Waals surface area (Å²) in [4.78, 5) is 14.9. The van der Waals surface area contributed by atoms with Gasteiger partial charge in [0.1, 0.15) is 0 Å². The highest BCUT2D eigenvalue weighted by Crippen LogP contribution is 2.41. The first-order valence-electron chi connectivity index (χ1n) is 9.56. The minimum atomic E-state index is -0.168. The van der Waals surface area contributed by atoms with Gasteiger partial charge in [-0.3, -0.25) is 9.69 Å². The number of hydrogen-bond donors (Lipinski definition) is 2. The molecular weight excluding hydrogens is 358 g/mol. The summed E-state index contributed by atoms with van der Waals surface area (Å²) in [6.07, 6.45) is 3.21. The monoisotopic (exact) mass is 385 g/mol. The molecule has 2 aliphatic rings. The third-order valence-corrected chi connectivity index (χ3v) is 5.95. The summed E-state index contributed by atoms with van der Waals surface area (Å²) in [5.41, 5.74) is 8.68. The SMILES string of the molecule is Cl.N[C@@H]1CN(CC(=O)NC2(c3ccccc3)CCC2)C[C@H]1c1ccccc1. The minimum absolute atomic E-state index is 0. The normalized spacial score (nSPS) is 23.9. The summed E-state index contributed by atoms with van der Waals surface area (Å²) in [5.74, 6) is 0.408. The van der Waals surface area contributed by atoms with E-state index in [2.05, 4.69) is 46.6 Å². The van der Waals surface area contributed by atoms with Gasteiger partial charge >= 0.3 is 0 Å². The van der Waals surface area contributed by atoms with E-state index < -0.39 is 0 Å². The van der Waals surface area contributed by atoms with E-state index in [1.807, 2.05) is 24.3 Å². The van der Waals surface area contributed by atoms with Crippen molar-refractivity contribution in [3.05, 3.63) is 71.8 Å². The summed E-state index contributed by atoms with van der Waals surface area (Å²) in [6, 6.07) is 20.8. The number of nitrogens with two attached hydrogens (primary N) is 1. The average molecular weight is 386 g/mol. The van der Waals surface area contributed by atoms with Crippen LogP contribution in [0.2, 0.25) is 0 Å². The van der Waals surface area contributed by atoms with Crippen LogP contribution in [0.3, 0.4) is 0 Å². The molecule has 2 aromatic rings. The van der Waals surface area contributed by atoms with E-state index >= 15 is 0 Å². The number of nitrogens with zero attached hydrogens (tertiary/aromatic N) is 1. The molecule has 0 aromatic heterocycles. The molecule has 0 spiro atoms. The van der Waals surface area contributed by atoms with Crippen LogP contribution in [0, 0.1) is 0 Å². The molecule has 1 saturated carbocycles. The van der Waals surface area contributed by atoms with Crippen molar-refractivity contribution in [3.63, 3.8) is 0 Å². The molecule has 2 aromatic carbocycles. The van der Waals surface area contributed by atoms with Gasteiger partial charge in [0.25, 0.3) is 0 Å². The second-order valence-electron chi connectivity index (χ2n) is 7.72. The third kappa shape index (κ3) is 4.18. The Morgan fingerprint density at radius 2 is 1.67 bits per heavy atom. The Bertz CT molecular complexity index is 749. The summed E-state index contributed by atoms with van der Waals surface area (Å²) >= 11 is 0. The van der Waals surface area contributed by atoms with Crippen LogP contribution in [-0.2, 0) is 10.3 Å². The van der Waals surface area contributed by atoms with Gasteiger partial charge in [-0.15, -0.1) is 12.4 Å². The third-order valence-electron chi connectivity index (χ3n) is 5.95. The van der Waals surface area contributed by atoms with E-state index in [-0.39, 0.29) is 29.9 Å². The lowest BCUT2D eigenvalue weighted by Gasteiger charge is -2.43. The summed E-state index contributed by atoms with van der Waals surface area (Å²) in [5, 5.41) is 3.32. The molecule has 1 saturated heterocycles. The van der Waals surface area contributed by atoms with Crippen molar-refractivity contribution in [1.29, 1.82) is 0 Å². The highest BCUT2D eigenvalue weighted by Gasteiger charge is 2.40. The molecule has 3 N–H and O–H groups in total. The Morgan fingerprint density at radius 3 is 2.26 bits per heavy atom. The number of benzene rings is 2. The molecule has 2 fully saturated rings. The number of hydrogen-bond acceptors (Lipinski definition) is 3. The van der Waals surface area contributed by atoms with Gasteiger partial charge in [-0.25, -0.2) is 0 Å². The molecule has 0 bridgehead atoms. The second kappa shape index (κ2) is 8.42. The Balaban J connectivity index is 0.00000210. The lowest BCUT2D eigenvalue weighted by Crippen LogP contribution is -2.53. The highest BCUT2D eigenvalue weighted by atomic mass is 35.5. The molecule has 0 unspecified atom stereocenters. The van der Waals surface area contributed by atoms with Gasteiger partial charge in [-0.2, -0.15) is 0 Å². The Hall–Kier alpha value is -1.88. The Kier molecular flexibility index (Phi) is 6.20. The highest BCUT2D eigenvalue weighted by molar-refractivity contribution is 5.85. The first-order chi connectivity index (χ1) is 12.7. The van der Waals surface area contributed by atoms with E-state index in [1.54, 1.807) is 0 Å². The summed E-state index contributed by atoms with van der Waals surface area (Å²) in [6.45, 7) is 2.04. The van der Waals surface area contributed by atoms with Crippen LogP contribution in [0.25, 0.3) is 0 Å². The number of carbonyl (C=O) groups excluding carboxylic acids is 1. The van der Waals surface area contributed by atoms with Crippen molar-refractivity contribution >= 4 is 18.3 Å². The quantitative estimate of drug-likeness (QED) is 0.831. The van der Waals surface area contributed by atoms with Crippen molar-refractivity contribution < 1.29 is 4.79 Å². The maximum absolute atomic E-state index is 12.7. The lowest BCUT2D eigenvalue weighted by atomic mass is 9.72. The lowest BCUT2D eigenvalue weighted by molar-refractivity contribution is -0.125. The molecule has 1 heterocycles. The van der Waals surface area contributed by atoms with Crippen LogP contribution in [-0.4, -0.2) is 36.5 Å². The van der Waals surface area contributed by atoms with E-state index in [1.165, 1.54) is 17.5 Å². The predicted octanol–water partition coefficient (Wildman–Crippen LogP) is 3.03. The largest absolute Gasteiger partial charge is 0.345 e. The fourth-order valence-electron chi connectivity index (χ4n) is 4.38. The number of rotatable bonds is 5. The molecular formula is C22H28ClN3O. The fourth-order valence-corrected chi connectivity index (χ4v) is 4.38. The molecule has 27 heavy (non-hydrogen) atoms.